The van der Waals surface area contributed by atoms with Gasteiger partial charge in [-0.2, -0.15) is 0 Å². The van der Waals surface area contributed by atoms with Crippen LogP contribution in [-0.4, -0.2) is 4.98 Å². The fraction of sp³-hybridized carbons (Fsp3) is 0.800. The highest BCUT2D eigenvalue weighted by molar-refractivity contribution is 5.11. The summed E-state index contributed by atoms with van der Waals surface area (Å²) in [5, 5.41) is 0. The van der Waals surface area contributed by atoms with Crippen LogP contribution in [0.4, 0.5) is 0 Å². The molecule has 0 amide bonds. The van der Waals surface area contributed by atoms with Crippen molar-refractivity contribution in [1.29, 1.82) is 0 Å². The molecule has 4 aliphatic carbocycles. The van der Waals surface area contributed by atoms with Crippen molar-refractivity contribution in [1.82, 2.24) is 4.98 Å². The molecule has 1 heterocycles. The second kappa shape index (κ2) is 3.83. The molecule has 1 unspecified atom stereocenters. The van der Waals surface area contributed by atoms with E-state index >= 15 is 0 Å². The summed E-state index contributed by atoms with van der Waals surface area (Å²) in [6.45, 7) is 1.96. The molecular weight excluding hydrogens is 224 g/mol. The molecule has 0 aromatic carbocycles. The normalized spacial score (nSPS) is 43.3. The highest BCUT2D eigenvalue weighted by Crippen LogP contribution is 2.59. The maximum Gasteiger partial charge on any atom is 0.198 e. The molecule has 3 nitrogen and oxygen atoms in total. The zero-order valence-corrected chi connectivity index (χ0v) is 11.0. The summed E-state index contributed by atoms with van der Waals surface area (Å²) >= 11 is 0. The van der Waals surface area contributed by atoms with Gasteiger partial charge in [0.25, 0.3) is 0 Å². The number of nitrogens with zero attached hydrogens (tertiary/aromatic N) is 1. The van der Waals surface area contributed by atoms with E-state index in [-0.39, 0.29) is 6.04 Å². The van der Waals surface area contributed by atoms with Crippen molar-refractivity contribution in [2.24, 2.45) is 29.4 Å². The monoisotopic (exact) mass is 246 g/mol. The number of hydrogen-bond acceptors (Lipinski definition) is 3. The average molecular weight is 246 g/mol. The highest BCUT2D eigenvalue weighted by Gasteiger charge is 2.50. The van der Waals surface area contributed by atoms with Crippen LogP contribution in [0, 0.1) is 23.7 Å². The van der Waals surface area contributed by atoms with Gasteiger partial charge in [0.2, 0.25) is 0 Å². The van der Waals surface area contributed by atoms with Crippen LogP contribution in [0.15, 0.2) is 10.6 Å². The maximum atomic E-state index is 5.93. The van der Waals surface area contributed by atoms with E-state index in [1.165, 1.54) is 32.1 Å². The quantitative estimate of drug-likeness (QED) is 0.871. The highest BCUT2D eigenvalue weighted by atomic mass is 16.4. The fourth-order valence-electron chi connectivity index (χ4n) is 4.99. The van der Waals surface area contributed by atoms with Crippen LogP contribution in [0.25, 0.3) is 0 Å². The molecule has 4 fully saturated rings. The lowest BCUT2D eigenvalue weighted by Gasteiger charge is -2.53. The van der Waals surface area contributed by atoms with Crippen molar-refractivity contribution in [3.8, 4) is 0 Å². The van der Waals surface area contributed by atoms with Gasteiger partial charge in [0.1, 0.15) is 5.76 Å². The number of rotatable bonds is 2. The molecule has 4 aliphatic rings. The van der Waals surface area contributed by atoms with E-state index in [1.807, 2.05) is 13.1 Å². The van der Waals surface area contributed by atoms with Crippen molar-refractivity contribution in [2.75, 3.05) is 0 Å². The maximum absolute atomic E-state index is 5.93. The Bertz CT molecular complexity index is 423. The van der Waals surface area contributed by atoms with Crippen LogP contribution in [0.2, 0.25) is 0 Å². The van der Waals surface area contributed by atoms with Gasteiger partial charge in [0.15, 0.2) is 5.89 Å². The predicted molar refractivity (Wildman–Crippen MR) is 68.9 cm³/mol. The molecule has 18 heavy (non-hydrogen) atoms. The lowest BCUT2D eigenvalue weighted by atomic mass is 9.52. The van der Waals surface area contributed by atoms with E-state index in [0.717, 1.165) is 35.3 Å². The van der Waals surface area contributed by atoms with Gasteiger partial charge < -0.3 is 10.2 Å². The molecule has 4 bridgehead atoms. The summed E-state index contributed by atoms with van der Waals surface area (Å²) < 4.78 is 5.93. The van der Waals surface area contributed by atoms with E-state index in [1.54, 1.807) is 0 Å². The lowest BCUT2D eigenvalue weighted by molar-refractivity contribution is -0.0118. The standard InChI is InChI=1S/C15H22N2O/c1-8(16)13-7-17-15(18-13)14-11-3-9-2-10(5-11)6-12(14)4-9/h7-12,14H,2-6,16H2,1H3. The van der Waals surface area contributed by atoms with E-state index in [4.69, 9.17) is 10.2 Å². The summed E-state index contributed by atoms with van der Waals surface area (Å²) in [5.41, 5.74) is 5.87. The number of oxazole rings is 1. The van der Waals surface area contributed by atoms with Crippen molar-refractivity contribution in [2.45, 2.75) is 51.0 Å². The van der Waals surface area contributed by atoms with Crippen molar-refractivity contribution >= 4 is 0 Å². The Balaban J connectivity index is 1.64. The van der Waals surface area contributed by atoms with E-state index in [9.17, 15) is 0 Å². The molecule has 3 heteroatoms. The minimum Gasteiger partial charge on any atom is -0.444 e. The average Bonchev–Trinajstić information content (AvgIpc) is 2.77. The molecule has 0 aliphatic heterocycles. The predicted octanol–water partition coefficient (Wildman–Crippen LogP) is 3.23. The summed E-state index contributed by atoms with van der Waals surface area (Å²) in [6.07, 6.45) is 8.98. The first-order valence-corrected chi connectivity index (χ1v) is 7.42. The zero-order chi connectivity index (χ0) is 12.3. The Morgan fingerprint density at radius 3 is 2.28 bits per heavy atom. The minimum atomic E-state index is -0.0388. The first kappa shape index (κ1) is 11.0. The van der Waals surface area contributed by atoms with Gasteiger partial charge in [-0.3, -0.25) is 0 Å². The molecule has 0 radical (unpaired) electrons. The second-order valence-electron chi connectivity index (χ2n) is 6.85. The van der Waals surface area contributed by atoms with Crippen LogP contribution in [-0.2, 0) is 0 Å². The third-order valence-corrected chi connectivity index (χ3v) is 5.50. The SMILES string of the molecule is CC(N)c1cnc(C2C3CC4CC(C3)CC2C4)o1. The van der Waals surface area contributed by atoms with Gasteiger partial charge in [0, 0.05) is 5.92 Å². The summed E-state index contributed by atoms with van der Waals surface area (Å²) in [7, 11) is 0. The summed E-state index contributed by atoms with van der Waals surface area (Å²) in [6, 6.07) is -0.0388. The smallest absolute Gasteiger partial charge is 0.198 e. The Morgan fingerprint density at radius 1 is 1.17 bits per heavy atom. The Hall–Kier alpha value is -0.830. The molecule has 2 N–H and O–H groups in total. The minimum absolute atomic E-state index is 0.0388. The topological polar surface area (TPSA) is 52.0 Å². The second-order valence-corrected chi connectivity index (χ2v) is 6.85. The zero-order valence-electron chi connectivity index (χ0n) is 11.0. The van der Waals surface area contributed by atoms with E-state index in [2.05, 4.69) is 4.98 Å². The number of hydrogen-bond donors (Lipinski definition) is 1. The molecule has 1 aromatic rings. The third kappa shape index (κ3) is 1.56. The largest absolute Gasteiger partial charge is 0.444 e. The molecule has 0 spiro atoms. The van der Waals surface area contributed by atoms with Crippen LogP contribution in [0.1, 0.15) is 62.6 Å². The van der Waals surface area contributed by atoms with Gasteiger partial charge in [-0.25, -0.2) is 4.98 Å². The lowest BCUT2D eigenvalue weighted by Crippen LogP contribution is -2.43. The van der Waals surface area contributed by atoms with Crippen molar-refractivity contribution < 1.29 is 4.42 Å². The number of nitrogens with two attached hydrogens (primary N) is 1. The Kier molecular flexibility index (Phi) is 2.35. The van der Waals surface area contributed by atoms with E-state index in [0.29, 0.717) is 5.92 Å². The Morgan fingerprint density at radius 2 is 1.78 bits per heavy atom. The Labute approximate surface area is 108 Å². The fourth-order valence-corrected chi connectivity index (χ4v) is 4.99. The summed E-state index contributed by atoms with van der Waals surface area (Å²) in [4.78, 5) is 4.54. The third-order valence-electron chi connectivity index (χ3n) is 5.50. The van der Waals surface area contributed by atoms with Gasteiger partial charge in [-0.05, 0) is 62.7 Å². The first-order chi connectivity index (χ1) is 8.70. The molecule has 1 atom stereocenters. The number of aromatic nitrogens is 1. The van der Waals surface area contributed by atoms with Gasteiger partial charge in [-0.15, -0.1) is 0 Å². The van der Waals surface area contributed by atoms with Gasteiger partial charge in [-0.1, -0.05) is 0 Å². The molecule has 0 saturated heterocycles. The summed E-state index contributed by atoms with van der Waals surface area (Å²) in [5.74, 6) is 6.10. The van der Waals surface area contributed by atoms with Crippen LogP contribution >= 0.6 is 0 Å². The van der Waals surface area contributed by atoms with Gasteiger partial charge in [0.05, 0.1) is 12.2 Å². The molecule has 1 aromatic heterocycles. The van der Waals surface area contributed by atoms with E-state index < -0.39 is 0 Å². The molecular formula is C15H22N2O. The molecule has 4 saturated carbocycles. The molecule has 5 rings (SSSR count). The van der Waals surface area contributed by atoms with Crippen LogP contribution < -0.4 is 5.73 Å². The van der Waals surface area contributed by atoms with Crippen molar-refractivity contribution in [3.63, 3.8) is 0 Å². The van der Waals surface area contributed by atoms with Crippen LogP contribution in [0.5, 0.6) is 0 Å². The van der Waals surface area contributed by atoms with Gasteiger partial charge >= 0.3 is 0 Å². The van der Waals surface area contributed by atoms with Crippen molar-refractivity contribution in [3.05, 3.63) is 17.8 Å². The first-order valence-electron chi connectivity index (χ1n) is 7.42. The molecule has 98 valence electrons. The van der Waals surface area contributed by atoms with Crippen LogP contribution in [0.3, 0.4) is 0 Å².